The van der Waals surface area contributed by atoms with E-state index in [4.69, 9.17) is 0 Å². The van der Waals surface area contributed by atoms with Crippen molar-refractivity contribution in [2.45, 2.75) is 31.6 Å². The van der Waals surface area contributed by atoms with Crippen LogP contribution in [0.1, 0.15) is 35.6 Å². The molecule has 2 aromatic rings. The van der Waals surface area contributed by atoms with Gasteiger partial charge in [-0.2, -0.15) is 0 Å². The van der Waals surface area contributed by atoms with Gasteiger partial charge in [-0.1, -0.05) is 24.3 Å². The molecule has 1 aromatic heterocycles. The summed E-state index contributed by atoms with van der Waals surface area (Å²) in [4.78, 5) is 19.4. The molecular weight excluding hydrogens is 250 g/mol. The Morgan fingerprint density at radius 1 is 1.40 bits per heavy atom. The minimum Gasteiger partial charge on any atom is -0.355 e. The fraction of sp³-hybridized carbons (Fsp3) is 0.375. The molecular formula is C16H19N3O. The first-order valence-electron chi connectivity index (χ1n) is 7.17. The van der Waals surface area contributed by atoms with E-state index in [0.717, 1.165) is 31.4 Å². The number of nitrogens with one attached hydrogen (secondary N) is 2. The Labute approximate surface area is 118 Å². The number of carbonyl (C=O) groups is 1. The summed E-state index contributed by atoms with van der Waals surface area (Å²) in [5.41, 5.74) is 3.58. The molecule has 1 aliphatic rings. The average Bonchev–Trinajstić information content (AvgIpc) is 3.00. The highest BCUT2D eigenvalue weighted by atomic mass is 16.1. The van der Waals surface area contributed by atoms with Gasteiger partial charge in [-0.25, -0.2) is 4.98 Å². The van der Waals surface area contributed by atoms with Gasteiger partial charge in [0.05, 0.1) is 12.2 Å². The van der Waals surface area contributed by atoms with E-state index in [1.54, 1.807) is 12.5 Å². The van der Waals surface area contributed by atoms with E-state index in [1.165, 1.54) is 11.1 Å². The third-order valence-corrected chi connectivity index (χ3v) is 3.93. The standard InChI is InChI=1S/C16H19N3O/c20-16(18-9-8-13-10-17-11-19-13)15-7-3-5-12-4-1-2-6-14(12)15/h1-2,4,6,10-11,15H,3,5,7-9H2,(H,17,19)(H,18,20). The Bertz CT molecular complexity index is 577. The Morgan fingerprint density at radius 2 is 2.30 bits per heavy atom. The van der Waals surface area contributed by atoms with E-state index < -0.39 is 0 Å². The van der Waals surface area contributed by atoms with Gasteiger partial charge in [-0.15, -0.1) is 0 Å². The highest BCUT2D eigenvalue weighted by Gasteiger charge is 2.25. The quantitative estimate of drug-likeness (QED) is 0.894. The first-order chi connectivity index (χ1) is 9.84. The van der Waals surface area contributed by atoms with Gasteiger partial charge in [0.1, 0.15) is 0 Å². The first kappa shape index (κ1) is 12.9. The molecule has 0 aliphatic heterocycles. The van der Waals surface area contributed by atoms with Crippen molar-refractivity contribution in [1.29, 1.82) is 0 Å². The van der Waals surface area contributed by atoms with Crippen LogP contribution in [0, 0.1) is 0 Å². The van der Waals surface area contributed by atoms with Crippen molar-refractivity contribution in [1.82, 2.24) is 15.3 Å². The van der Waals surface area contributed by atoms with Gasteiger partial charge in [0.25, 0.3) is 0 Å². The largest absolute Gasteiger partial charge is 0.355 e. The molecule has 4 nitrogen and oxygen atoms in total. The summed E-state index contributed by atoms with van der Waals surface area (Å²) >= 11 is 0. The lowest BCUT2D eigenvalue weighted by atomic mass is 9.82. The predicted octanol–water partition coefficient (Wildman–Crippen LogP) is 2.19. The van der Waals surface area contributed by atoms with Gasteiger partial charge in [0.15, 0.2) is 0 Å². The van der Waals surface area contributed by atoms with Crippen molar-refractivity contribution in [2.75, 3.05) is 6.54 Å². The number of rotatable bonds is 4. The normalized spacial score (nSPS) is 17.5. The summed E-state index contributed by atoms with van der Waals surface area (Å²) in [6.45, 7) is 0.652. The number of hydrogen-bond acceptors (Lipinski definition) is 2. The molecule has 20 heavy (non-hydrogen) atoms. The first-order valence-corrected chi connectivity index (χ1v) is 7.17. The summed E-state index contributed by atoms with van der Waals surface area (Å²) in [5, 5.41) is 3.04. The number of hydrogen-bond donors (Lipinski definition) is 2. The number of aromatic nitrogens is 2. The number of H-pyrrole nitrogens is 1. The molecule has 0 spiro atoms. The monoisotopic (exact) mass is 269 g/mol. The molecule has 0 fully saturated rings. The van der Waals surface area contributed by atoms with Gasteiger partial charge >= 0.3 is 0 Å². The van der Waals surface area contributed by atoms with Crippen molar-refractivity contribution in [3.63, 3.8) is 0 Å². The number of fused-ring (bicyclic) bond motifs is 1. The van der Waals surface area contributed by atoms with Crippen LogP contribution in [-0.4, -0.2) is 22.4 Å². The number of nitrogens with zero attached hydrogens (tertiary/aromatic N) is 1. The zero-order valence-corrected chi connectivity index (χ0v) is 11.4. The zero-order valence-electron chi connectivity index (χ0n) is 11.4. The second kappa shape index (κ2) is 5.90. The molecule has 3 rings (SSSR count). The second-order valence-electron chi connectivity index (χ2n) is 5.26. The average molecular weight is 269 g/mol. The Kier molecular flexibility index (Phi) is 3.81. The molecule has 1 heterocycles. The molecule has 1 aromatic carbocycles. The van der Waals surface area contributed by atoms with E-state index in [1.807, 2.05) is 6.07 Å². The molecule has 2 N–H and O–H groups in total. The maximum Gasteiger partial charge on any atom is 0.227 e. The van der Waals surface area contributed by atoms with Crippen molar-refractivity contribution < 1.29 is 4.79 Å². The topological polar surface area (TPSA) is 57.8 Å². The van der Waals surface area contributed by atoms with Crippen LogP contribution in [-0.2, 0) is 17.6 Å². The molecule has 0 radical (unpaired) electrons. The molecule has 1 unspecified atom stereocenters. The number of aryl methyl sites for hydroxylation is 1. The molecule has 0 bridgehead atoms. The fourth-order valence-corrected chi connectivity index (χ4v) is 2.89. The minimum atomic E-state index is 0.0155. The lowest BCUT2D eigenvalue weighted by Crippen LogP contribution is -2.32. The summed E-state index contributed by atoms with van der Waals surface area (Å²) < 4.78 is 0. The van der Waals surface area contributed by atoms with Crippen molar-refractivity contribution in [2.24, 2.45) is 0 Å². The Hall–Kier alpha value is -2.10. The summed E-state index contributed by atoms with van der Waals surface area (Å²) in [6, 6.07) is 8.30. The molecule has 0 saturated carbocycles. The van der Waals surface area contributed by atoms with Gasteiger partial charge in [-0.05, 0) is 30.4 Å². The maximum atomic E-state index is 12.4. The van der Waals surface area contributed by atoms with E-state index in [9.17, 15) is 4.79 Å². The maximum absolute atomic E-state index is 12.4. The van der Waals surface area contributed by atoms with E-state index >= 15 is 0 Å². The number of amides is 1. The lowest BCUT2D eigenvalue weighted by Gasteiger charge is -2.24. The summed E-state index contributed by atoms with van der Waals surface area (Å²) in [7, 11) is 0. The van der Waals surface area contributed by atoms with Crippen LogP contribution < -0.4 is 5.32 Å². The van der Waals surface area contributed by atoms with Crippen molar-refractivity contribution in [3.8, 4) is 0 Å². The van der Waals surface area contributed by atoms with Gasteiger partial charge in [-0.3, -0.25) is 4.79 Å². The van der Waals surface area contributed by atoms with Crippen LogP contribution in [0.4, 0.5) is 0 Å². The minimum absolute atomic E-state index is 0.0155. The molecule has 4 heteroatoms. The Morgan fingerprint density at radius 3 is 3.15 bits per heavy atom. The van der Waals surface area contributed by atoms with E-state index in [2.05, 4.69) is 33.5 Å². The molecule has 1 amide bonds. The highest BCUT2D eigenvalue weighted by Crippen LogP contribution is 2.31. The van der Waals surface area contributed by atoms with Crippen molar-refractivity contribution in [3.05, 3.63) is 53.6 Å². The number of carbonyl (C=O) groups excluding carboxylic acids is 1. The van der Waals surface area contributed by atoms with Crippen LogP contribution in [0.3, 0.4) is 0 Å². The van der Waals surface area contributed by atoms with Gasteiger partial charge in [0, 0.05) is 24.9 Å². The lowest BCUT2D eigenvalue weighted by molar-refractivity contribution is -0.122. The highest BCUT2D eigenvalue weighted by molar-refractivity contribution is 5.84. The number of imidazole rings is 1. The molecule has 1 atom stereocenters. The van der Waals surface area contributed by atoms with Crippen LogP contribution in [0.2, 0.25) is 0 Å². The third kappa shape index (κ3) is 2.74. The number of benzene rings is 1. The smallest absolute Gasteiger partial charge is 0.227 e. The summed E-state index contributed by atoms with van der Waals surface area (Å²) in [5.74, 6) is 0.165. The van der Waals surface area contributed by atoms with E-state index in [-0.39, 0.29) is 11.8 Å². The van der Waals surface area contributed by atoms with Crippen LogP contribution >= 0.6 is 0 Å². The molecule has 0 saturated heterocycles. The van der Waals surface area contributed by atoms with Crippen LogP contribution in [0.25, 0.3) is 0 Å². The van der Waals surface area contributed by atoms with Crippen LogP contribution in [0.5, 0.6) is 0 Å². The Balaban J connectivity index is 1.60. The molecule has 1 aliphatic carbocycles. The second-order valence-corrected chi connectivity index (χ2v) is 5.26. The predicted molar refractivity (Wildman–Crippen MR) is 77.4 cm³/mol. The SMILES string of the molecule is O=C(NCCc1cnc[nH]1)C1CCCc2ccccc21. The van der Waals surface area contributed by atoms with Gasteiger partial charge < -0.3 is 10.3 Å². The van der Waals surface area contributed by atoms with E-state index in [0.29, 0.717) is 6.54 Å². The zero-order chi connectivity index (χ0) is 13.8. The fourth-order valence-electron chi connectivity index (χ4n) is 2.89. The van der Waals surface area contributed by atoms with Gasteiger partial charge in [0.2, 0.25) is 5.91 Å². The summed E-state index contributed by atoms with van der Waals surface area (Å²) in [6.07, 6.45) is 7.38. The third-order valence-electron chi connectivity index (χ3n) is 3.93. The number of aromatic amines is 1. The van der Waals surface area contributed by atoms with Crippen molar-refractivity contribution >= 4 is 5.91 Å². The molecule has 104 valence electrons. The van der Waals surface area contributed by atoms with Crippen LogP contribution in [0.15, 0.2) is 36.8 Å².